The Balaban J connectivity index is 2.15. The van der Waals surface area contributed by atoms with Gasteiger partial charge in [0.1, 0.15) is 5.75 Å². The van der Waals surface area contributed by atoms with Crippen molar-refractivity contribution in [3.05, 3.63) is 59.9 Å². The van der Waals surface area contributed by atoms with Crippen LogP contribution in [0.4, 0.5) is 13.2 Å². The number of alkyl halides is 3. The predicted octanol–water partition coefficient (Wildman–Crippen LogP) is 3.03. The third-order valence-corrected chi connectivity index (χ3v) is 2.54. The quantitative estimate of drug-likeness (QED) is 0.930. The van der Waals surface area contributed by atoms with E-state index in [0.29, 0.717) is 5.56 Å². The Kier molecular flexibility index (Phi) is 3.71. The second-order valence-electron chi connectivity index (χ2n) is 3.88. The molecule has 1 aromatic carbocycles. The van der Waals surface area contributed by atoms with E-state index in [2.05, 4.69) is 9.72 Å². The smallest absolute Gasteiger partial charge is 0.406 e. The van der Waals surface area contributed by atoms with Gasteiger partial charge in [0.25, 0.3) is 0 Å². The summed E-state index contributed by atoms with van der Waals surface area (Å²) in [5.41, 5.74) is 7.53. The summed E-state index contributed by atoms with van der Waals surface area (Å²) in [6, 6.07) is 8.59. The molecule has 0 aliphatic heterocycles. The van der Waals surface area contributed by atoms with Crippen LogP contribution in [-0.2, 0) is 0 Å². The average Bonchev–Trinajstić information content (AvgIpc) is 2.38. The van der Waals surface area contributed by atoms with Crippen LogP contribution in [0.5, 0.6) is 5.75 Å². The van der Waals surface area contributed by atoms with Crippen LogP contribution < -0.4 is 10.5 Å². The molecule has 0 spiro atoms. The minimum absolute atomic E-state index is 0.266. The zero-order chi connectivity index (χ0) is 13.9. The minimum Gasteiger partial charge on any atom is -0.406 e. The first-order valence-electron chi connectivity index (χ1n) is 5.47. The number of halogens is 3. The fourth-order valence-electron chi connectivity index (χ4n) is 1.64. The molecule has 0 aliphatic carbocycles. The van der Waals surface area contributed by atoms with E-state index < -0.39 is 12.4 Å². The van der Waals surface area contributed by atoms with Crippen LogP contribution in [-0.4, -0.2) is 11.3 Å². The zero-order valence-corrected chi connectivity index (χ0v) is 9.76. The molecule has 0 saturated carbocycles. The van der Waals surface area contributed by atoms with E-state index >= 15 is 0 Å². The van der Waals surface area contributed by atoms with Gasteiger partial charge in [-0.1, -0.05) is 12.1 Å². The maximum Gasteiger partial charge on any atom is 0.573 e. The summed E-state index contributed by atoms with van der Waals surface area (Å²) in [6.07, 6.45) is -1.47. The van der Waals surface area contributed by atoms with E-state index in [1.54, 1.807) is 24.5 Å². The van der Waals surface area contributed by atoms with E-state index in [1.807, 2.05) is 0 Å². The maximum atomic E-state index is 12.0. The SMILES string of the molecule is N[C@H](c1ccncc1)c1ccc(OC(F)(F)F)cc1. The Bertz CT molecular complexity index is 526. The summed E-state index contributed by atoms with van der Waals surface area (Å²) < 4.78 is 39.8. The molecular formula is C13H11F3N2O. The van der Waals surface area contributed by atoms with Gasteiger partial charge in [0.15, 0.2) is 0 Å². The van der Waals surface area contributed by atoms with Crippen molar-refractivity contribution in [3.63, 3.8) is 0 Å². The third kappa shape index (κ3) is 3.69. The number of rotatable bonds is 3. The molecule has 100 valence electrons. The lowest BCUT2D eigenvalue weighted by Crippen LogP contribution is -2.17. The average molecular weight is 268 g/mol. The van der Waals surface area contributed by atoms with Crippen LogP contribution in [0.25, 0.3) is 0 Å². The van der Waals surface area contributed by atoms with E-state index in [9.17, 15) is 13.2 Å². The van der Waals surface area contributed by atoms with Gasteiger partial charge in [-0.2, -0.15) is 0 Å². The van der Waals surface area contributed by atoms with Gasteiger partial charge in [-0.3, -0.25) is 4.98 Å². The minimum atomic E-state index is -4.69. The molecule has 2 rings (SSSR count). The molecule has 2 N–H and O–H groups in total. The molecule has 19 heavy (non-hydrogen) atoms. The first kappa shape index (κ1) is 13.4. The van der Waals surface area contributed by atoms with Crippen molar-refractivity contribution in [1.29, 1.82) is 0 Å². The van der Waals surface area contributed by atoms with Crippen LogP contribution in [0.3, 0.4) is 0 Å². The van der Waals surface area contributed by atoms with E-state index in [4.69, 9.17) is 5.73 Å². The van der Waals surface area contributed by atoms with E-state index in [-0.39, 0.29) is 5.75 Å². The Morgan fingerprint density at radius 3 is 2.00 bits per heavy atom. The molecule has 0 saturated heterocycles. The van der Waals surface area contributed by atoms with Crippen LogP contribution in [0, 0.1) is 0 Å². The molecule has 0 radical (unpaired) electrons. The fraction of sp³-hybridized carbons (Fsp3) is 0.154. The first-order chi connectivity index (χ1) is 8.96. The summed E-state index contributed by atoms with van der Waals surface area (Å²) in [5.74, 6) is -0.266. The summed E-state index contributed by atoms with van der Waals surface area (Å²) in [6.45, 7) is 0. The molecule has 6 heteroatoms. The number of aromatic nitrogens is 1. The predicted molar refractivity (Wildman–Crippen MR) is 63.4 cm³/mol. The number of pyridine rings is 1. The van der Waals surface area contributed by atoms with Crippen LogP contribution in [0.1, 0.15) is 17.2 Å². The number of nitrogens with two attached hydrogens (primary N) is 1. The standard InChI is InChI=1S/C13H11F3N2O/c14-13(15,16)19-11-3-1-9(2-4-11)12(17)10-5-7-18-8-6-10/h1-8,12H,17H2/t12-/m0/s1. The molecular weight excluding hydrogens is 257 g/mol. The second kappa shape index (κ2) is 5.27. The highest BCUT2D eigenvalue weighted by Gasteiger charge is 2.31. The largest absolute Gasteiger partial charge is 0.573 e. The molecule has 0 bridgehead atoms. The normalized spacial score (nSPS) is 13.1. The number of hydrogen-bond acceptors (Lipinski definition) is 3. The van der Waals surface area contributed by atoms with E-state index in [0.717, 1.165) is 5.56 Å². The van der Waals surface area contributed by atoms with Gasteiger partial charge in [-0.25, -0.2) is 0 Å². The molecule has 0 fully saturated rings. The van der Waals surface area contributed by atoms with Crippen LogP contribution in [0.15, 0.2) is 48.8 Å². The van der Waals surface area contributed by atoms with Crippen LogP contribution in [0.2, 0.25) is 0 Å². The lowest BCUT2D eigenvalue weighted by Gasteiger charge is -2.13. The van der Waals surface area contributed by atoms with Gasteiger partial charge in [0, 0.05) is 12.4 Å². The number of benzene rings is 1. The molecule has 2 aromatic rings. The zero-order valence-electron chi connectivity index (χ0n) is 9.76. The maximum absolute atomic E-state index is 12.0. The molecule has 0 amide bonds. The highest BCUT2D eigenvalue weighted by atomic mass is 19.4. The Hall–Kier alpha value is -2.08. The van der Waals surface area contributed by atoms with Crippen LogP contribution >= 0.6 is 0 Å². The first-order valence-corrected chi connectivity index (χ1v) is 5.47. The molecule has 0 aliphatic rings. The van der Waals surface area contributed by atoms with Gasteiger partial charge < -0.3 is 10.5 Å². The Morgan fingerprint density at radius 1 is 0.947 bits per heavy atom. The Morgan fingerprint density at radius 2 is 1.47 bits per heavy atom. The van der Waals surface area contributed by atoms with Crippen molar-refractivity contribution in [2.24, 2.45) is 5.73 Å². The van der Waals surface area contributed by atoms with Crippen molar-refractivity contribution < 1.29 is 17.9 Å². The van der Waals surface area contributed by atoms with Gasteiger partial charge in [-0.15, -0.1) is 13.2 Å². The number of nitrogens with zero attached hydrogens (tertiary/aromatic N) is 1. The topological polar surface area (TPSA) is 48.1 Å². The van der Waals surface area contributed by atoms with Crippen molar-refractivity contribution in [1.82, 2.24) is 4.98 Å². The van der Waals surface area contributed by atoms with Crippen molar-refractivity contribution in [3.8, 4) is 5.75 Å². The second-order valence-corrected chi connectivity index (χ2v) is 3.88. The highest BCUT2D eigenvalue weighted by molar-refractivity contribution is 5.34. The number of hydrogen-bond donors (Lipinski definition) is 1. The van der Waals surface area contributed by atoms with Crippen molar-refractivity contribution in [2.45, 2.75) is 12.4 Å². The summed E-state index contributed by atoms with van der Waals surface area (Å²) >= 11 is 0. The fourth-order valence-corrected chi connectivity index (χ4v) is 1.64. The Labute approximate surface area is 107 Å². The summed E-state index contributed by atoms with van der Waals surface area (Å²) in [5, 5.41) is 0. The lowest BCUT2D eigenvalue weighted by atomic mass is 10.0. The summed E-state index contributed by atoms with van der Waals surface area (Å²) in [4.78, 5) is 3.88. The number of ether oxygens (including phenoxy) is 1. The highest BCUT2D eigenvalue weighted by Crippen LogP contribution is 2.25. The van der Waals surface area contributed by atoms with Gasteiger partial charge in [-0.05, 0) is 35.4 Å². The summed E-state index contributed by atoms with van der Waals surface area (Å²) in [7, 11) is 0. The third-order valence-electron chi connectivity index (χ3n) is 2.54. The monoisotopic (exact) mass is 268 g/mol. The van der Waals surface area contributed by atoms with Crippen molar-refractivity contribution >= 4 is 0 Å². The van der Waals surface area contributed by atoms with Gasteiger partial charge >= 0.3 is 6.36 Å². The van der Waals surface area contributed by atoms with Gasteiger partial charge in [0.05, 0.1) is 6.04 Å². The molecule has 1 atom stereocenters. The molecule has 3 nitrogen and oxygen atoms in total. The van der Waals surface area contributed by atoms with Gasteiger partial charge in [0.2, 0.25) is 0 Å². The molecule has 1 heterocycles. The molecule has 0 unspecified atom stereocenters. The van der Waals surface area contributed by atoms with Crippen molar-refractivity contribution in [2.75, 3.05) is 0 Å². The lowest BCUT2D eigenvalue weighted by molar-refractivity contribution is -0.274. The molecule has 1 aromatic heterocycles. The van der Waals surface area contributed by atoms with E-state index in [1.165, 1.54) is 24.3 Å².